The smallest absolute Gasteiger partial charge is 0.410 e. The van der Waals surface area contributed by atoms with Gasteiger partial charge in [-0.3, -0.25) is 0 Å². The molecule has 1 aliphatic rings. The van der Waals surface area contributed by atoms with Crippen LogP contribution in [0.4, 0.5) is 9.18 Å². The Kier molecular flexibility index (Phi) is 7.14. The van der Waals surface area contributed by atoms with Gasteiger partial charge < -0.3 is 14.4 Å². The third kappa shape index (κ3) is 6.04. The van der Waals surface area contributed by atoms with Gasteiger partial charge in [-0.1, -0.05) is 24.3 Å². The lowest BCUT2D eigenvalue weighted by Crippen LogP contribution is -2.39. The normalized spacial score (nSPS) is 14.4. The molecule has 0 radical (unpaired) electrons. The fraction of sp³-hybridized carbons (Fsp3) is 0.333. The predicted molar refractivity (Wildman–Crippen MR) is 119 cm³/mol. The number of carbonyl (C=O) groups is 1. The Balaban J connectivity index is 1.15. The minimum Gasteiger partial charge on any atom is -0.494 e. The van der Waals surface area contributed by atoms with Gasteiger partial charge in [-0.05, 0) is 60.6 Å². The maximum Gasteiger partial charge on any atom is 0.410 e. The lowest BCUT2D eigenvalue weighted by atomic mass is 9.94. The molecular formula is C24H25FN2O3S. The first kappa shape index (κ1) is 21.3. The third-order valence-electron chi connectivity index (χ3n) is 5.53. The van der Waals surface area contributed by atoms with Crippen LogP contribution in [0, 0.1) is 11.7 Å². The number of thiazole rings is 1. The molecule has 2 aromatic carbocycles. The largest absolute Gasteiger partial charge is 0.494 e. The summed E-state index contributed by atoms with van der Waals surface area (Å²) >= 11 is 1.49. The number of rotatable bonds is 7. The van der Waals surface area contributed by atoms with E-state index in [9.17, 15) is 9.18 Å². The second kappa shape index (κ2) is 10.4. The number of benzene rings is 2. The van der Waals surface area contributed by atoms with E-state index in [1.165, 1.54) is 23.5 Å². The minimum absolute atomic E-state index is 0.232. The summed E-state index contributed by atoms with van der Waals surface area (Å²) in [5.74, 6) is 1.14. The Morgan fingerprint density at radius 2 is 1.74 bits per heavy atom. The fourth-order valence-electron chi connectivity index (χ4n) is 3.67. The summed E-state index contributed by atoms with van der Waals surface area (Å²) in [5.41, 5.74) is 4.53. The van der Waals surface area contributed by atoms with Gasteiger partial charge in [0, 0.05) is 18.5 Å². The predicted octanol–water partition coefficient (Wildman–Crippen LogP) is 5.77. The number of hydrogen-bond donors (Lipinski definition) is 0. The number of ether oxygens (including phenoxy) is 2. The first-order valence-electron chi connectivity index (χ1n) is 10.4. The van der Waals surface area contributed by atoms with Crippen molar-refractivity contribution in [2.75, 3.05) is 19.7 Å². The molecule has 1 fully saturated rings. The monoisotopic (exact) mass is 440 g/mol. The second-order valence-electron chi connectivity index (χ2n) is 7.63. The summed E-state index contributed by atoms with van der Waals surface area (Å²) in [6.07, 6.45) is 2.61. The van der Waals surface area contributed by atoms with E-state index in [0.29, 0.717) is 25.6 Å². The van der Waals surface area contributed by atoms with Crippen LogP contribution in [0.3, 0.4) is 0 Å². The molecule has 0 N–H and O–H groups in total. The SMILES string of the molecule is O=C(OCc1cscn1)N1CCC(CCOc2ccc(-c3ccc(F)cc3)cc2)CC1. The number of nitrogens with zero attached hydrogens (tertiary/aromatic N) is 2. The molecule has 162 valence electrons. The van der Waals surface area contributed by atoms with Crippen LogP contribution in [-0.4, -0.2) is 35.7 Å². The average molecular weight is 441 g/mol. The van der Waals surface area contributed by atoms with Crippen LogP contribution in [-0.2, 0) is 11.3 Å². The van der Waals surface area contributed by atoms with Crippen molar-refractivity contribution >= 4 is 17.4 Å². The van der Waals surface area contributed by atoms with Gasteiger partial charge in [0.2, 0.25) is 0 Å². The second-order valence-corrected chi connectivity index (χ2v) is 8.35. The first-order chi connectivity index (χ1) is 15.2. The Morgan fingerprint density at radius 1 is 1.06 bits per heavy atom. The van der Waals surface area contributed by atoms with Crippen LogP contribution in [0.5, 0.6) is 5.75 Å². The van der Waals surface area contributed by atoms with Crippen LogP contribution in [0.15, 0.2) is 59.4 Å². The molecule has 1 amide bonds. The van der Waals surface area contributed by atoms with Gasteiger partial charge in [-0.15, -0.1) is 11.3 Å². The summed E-state index contributed by atoms with van der Waals surface area (Å²) < 4.78 is 24.3. The number of aromatic nitrogens is 1. The zero-order valence-corrected chi connectivity index (χ0v) is 18.0. The molecule has 1 aromatic heterocycles. The molecule has 3 aromatic rings. The van der Waals surface area contributed by atoms with E-state index in [4.69, 9.17) is 9.47 Å². The molecule has 1 saturated heterocycles. The third-order valence-corrected chi connectivity index (χ3v) is 6.16. The fourth-order valence-corrected chi connectivity index (χ4v) is 4.21. The van der Waals surface area contributed by atoms with E-state index in [1.54, 1.807) is 22.5 Å². The summed E-state index contributed by atoms with van der Waals surface area (Å²) in [4.78, 5) is 18.1. The average Bonchev–Trinajstić information content (AvgIpc) is 3.33. The summed E-state index contributed by atoms with van der Waals surface area (Å²) in [5, 5.41) is 1.88. The van der Waals surface area contributed by atoms with Gasteiger partial charge >= 0.3 is 6.09 Å². The highest BCUT2D eigenvalue weighted by Crippen LogP contribution is 2.24. The molecule has 0 aliphatic carbocycles. The summed E-state index contributed by atoms with van der Waals surface area (Å²) in [6.45, 7) is 2.31. The van der Waals surface area contributed by atoms with Crippen LogP contribution in [0.1, 0.15) is 25.0 Å². The number of likely N-dealkylation sites (tertiary alicyclic amines) is 1. The van der Waals surface area contributed by atoms with E-state index in [0.717, 1.165) is 41.8 Å². The standard InChI is InChI=1S/C24H25FN2O3S/c25-21-5-1-19(2-6-21)20-3-7-23(8-4-20)29-14-11-18-9-12-27(13-10-18)24(28)30-15-22-16-31-17-26-22/h1-8,16-18H,9-15H2. The highest BCUT2D eigenvalue weighted by molar-refractivity contribution is 7.07. The quantitative estimate of drug-likeness (QED) is 0.468. The molecule has 0 bridgehead atoms. The van der Waals surface area contributed by atoms with E-state index >= 15 is 0 Å². The van der Waals surface area contributed by atoms with Gasteiger partial charge in [0.05, 0.1) is 17.8 Å². The molecule has 0 saturated carbocycles. The van der Waals surface area contributed by atoms with Crippen molar-refractivity contribution in [3.63, 3.8) is 0 Å². The van der Waals surface area contributed by atoms with Crippen LogP contribution in [0.25, 0.3) is 11.1 Å². The van der Waals surface area contributed by atoms with Gasteiger partial charge in [-0.2, -0.15) is 0 Å². The summed E-state index contributed by atoms with van der Waals surface area (Å²) in [7, 11) is 0. The van der Waals surface area contributed by atoms with E-state index < -0.39 is 0 Å². The van der Waals surface area contributed by atoms with Crippen molar-refractivity contribution < 1.29 is 18.7 Å². The lowest BCUT2D eigenvalue weighted by Gasteiger charge is -2.31. The number of halogens is 1. The molecule has 7 heteroatoms. The molecule has 4 rings (SSSR count). The zero-order valence-electron chi connectivity index (χ0n) is 17.2. The van der Waals surface area contributed by atoms with Crippen LogP contribution < -0.4 is 4.74 Å². The zero-order chi connectivity index (χ0) is 21.5. The van der Waals surface area contributed by atoms with Crippen LogP contribution >= 0.6 is 11.3 Å². The number of piperidine rings is 1. The molecule has 31 heavy (non-hydrogen) atoms. The highest BCUT2D eigenvalue weighted by atomic mass is 32.1. The number of hydrogen-bond acceptors (Lipinski definition) is 5. The maximum atomic E-state index is 13.1. The van der Waals surface area contributed by atoms with E-state index in [1.807, 2.05) is 29.6 Å². The van der Waals surface area contributed by atoms with Crippen molar-refractivity contribution in [1.82, 2.24) is 9.88 Å². The van der Waals surface area contributed by atoms with Crippen LogP contribution in [0.2, 0.25) is 0 Å². The number of amides is 1. The van der Waals surface area contributed by atoms with Crippen molar-refractivity contribution in [2.45, 2.75) is 25.9 Å². The first-order valence-corrected chi connectivity index (χ1v) is 11.4. The number of carbonyl (C=O) groups excluding carboxylic acids is 1. The molecule has 5 nitrogen and oxygen atoms in total. The highest BCUT2D eigenvalue weighted by Gasteiger charge is 2.23. The lowest BCUT2D eigenvalue weighted by molar-refractivity contribution is 0.0792. The van der Waals surface area contributed by atoms with Crippen molar-refractivity contribution in [3.05, 3.63) is 70.9 Å². The topological polar surface area (TPSA) is 51.7 Å². The molecule has 2 heterocycles. The van der Waals surface area contributed by atoms with Gasteiger partial charge in [0.25, 0.3) is 0 Å². The maximum absolute atomic E-state index is 13.1. The van der Waals surface area contributed by atoms with E-state index in [-0.39, 0.29) is 18.5 Å². The van der Waals surface area contributed by atoms with Gasteiger partial charge in [0.1, 0.15) is 18.2 Å². The van der Waals surface area contributed by atoms with Gasteiger partial charge in [-0.25, -0.2) is 14.2 Å². The van der Waals surface area contributed by atoms with Crippen molar-refractivity contribution in [1.29, 1.82) is 0 Å². The minimum atomic E-state index is -0.260. The van der Waals surface area contributed by atoms with Crippen molar-refractivity contribution in [2.24, 2.45) is 5.92 Å². The molecular weight excluding hydrogens is 415 g/mol. The Morgan fingerprint density at radius 3 is 2.39 bits per heavy atom. The Hall–Kier alpha value is -2.93. The van der Waals surface area contributed by atoms with Gasteiger partial charge in [0.15, 0.2) is 0 Å². The molecule has 0 spiro atoms. The molecule has 0 atom stereocenters. The van der Waals surface area contributed by atoms with E-state index in [2.05, 4.69) is 4.98 Å². The summed E-state index contributed by atoms with van der Waals surface area (Å²) in [6, 6.07) is 14.3. The Bertz CT molecular complexity index is 954. The van der Waals surface area contributed by atoms with Crippen molar-refractivity contribution in [3.8, 4) is 16.9 Å². The Labute approximate surface area is 185 Å². The molecule has 1 aliphatic heterocycles. The molecule has 0 unspecified atom stereocenters.